The number of anilines is 1. The fraction of sp³-hybridized carbons (Fsp3) is 0.421. The van der Waals surface area contributed by atoms with Gasteiger partial charge in [0.1, 0.15) is 6.04 Å². The number of rotatable bonds is 6. The van der Waals surface area contributed by atoms with Gasteiger partial charge in [-0.1, -0.05) is 43.2 Å². The van der Waals surface area contributed by atoms with Gasteiger partial charge < -0.3 is 10.6 Å². The van der Waals surface area contributed by atoms with E-state index in [4.69, 9.17) is 0 Å². The van der Waals surface area contributed by atoms with Crippen molar-refractivity contribution in [2.75, 3.05) is 5.32 Å². The van der Waals surface area contributed by atoms with Crippen molar-refractivity contribution >= 4 is 28.3 Å². The Labute approximate surface area is 151 Å². The smallest absolute Gasteiger partial charge is 0.249 e. The Hall–Kier alpha value is -2.21. The highest BCUT2D eigenvalue weighted by Gasteiger charge is 2.31. The van der Waals surface area contributed by atoms with Gasteiger partial charge in [-0.15, -0.1) is 11.3 Å². The summed E-state index contributed by atoms with van der Waals surface area (Å²) in [4.78, 5) is 29.5. The minimum absolute atomic E-state index is 0.164. The average Bonchev–Trinajstić information content (AvgIpc) is 3.25. The number of nitrogens with one attached hydrogen (secondary N) is 2. The van der Waals surface area contributed by atoms with Crippen LogP contribution in [0.4, 0.5) is 5.13 Å². The lowest BCUT2D eigenvalue weighted by atomic mass is 9.97. The number of carbonyl (C=O) groups is 2. The predicted octanol–water partition coefficient (Wildman–Crippen LogP) is 3.37. The number of carbonyl (C=O) groups excluding carboxylic acids is 2. The largest absolute Gasteiger partial charge is 0.344 e. The second-order valence-corrected chi connectivity index (χ2v) is 7.62. The van der Waals surface area contributed by atoms with Gasteiger partial charge in [-0.3, -0.25) is 9.59 Å². The van der Waals surface area contributed by atoms with Crippen LogP contribution >= 0.6 is 11.3 Å². The summed E-state index contributed by atoms with van der Waals surface area (Å²) in [5.74, 6) is -0.119. The summed E-state index contributed by atoms with van der Waals surface area (Å²) in [5.41, 5.74) is 1.21. The van der Waals surface area contributed by atoms with E-state index >= 15 is 0 Å². The molecule has 1 aliphatic carbocycles. The summed E-state index contributed by atoms with van der Waals surface area (Å²) in [5, 5.41) is 6.29. The van der Waals surface area contributed by atoms with Crippen LogP contribution in [0.1, 0.15) is 43.0 Å². The van der Waals surface area contributed by atoms with Crippen LogP contribution in [-0.2, 0) is 16.0 Å². The van der Waals surface area contributed by atoms with Crippen LogP contribution < -0.4 is 10.6 Å². The summed E-state index contributed by atoms with van der Waals surface area (Å²) in [6, 6.07) is 9.70. The highest BCUT2D eigenvalue weighted by Crippen LogP contribution is 2.29. The predicted molar refractivity (Wildman–Crippen MR) is 99.6 cm³/mol. The SMILES string of the molecule is CC(=O)NC(C(=O)Nc1ncc(Cc2ccccc2)s1)C1CCCC1. The van der Waals surface area contributed by atoms with Crippen LogP contribution in [0.15, 0.2) is 36.5 Å². The molecular weight excluding hydrogens is 334 g/mol. The van der Waals surface area contributed by atoms with Crippen molar-refractivity contribution in [3.8, 4) is 0 Å². The molecule has 1 heterocycles. The molecule has 2 N–H and O–H groups in total. The fourth-order valence-electron chi connectivity index (χ4n) is 3.33. The zero-order valence-electron chi connectivity index (χ0n) is 14.3. The molecule has 0 bridgehead atoms. The van der Waals surface area contributed by atoms with Gasteiger partial charge >= 0.3 is 0 Å². The summed E-state index contributed by atoms with van der Waals surface area (Å²) in [6.45, 7) is 1.45. The minimum atomic E-state index is -0.471. The fourth-order valence-corrected chi connectivity index (χ4v) is 4.18. The molecule has 0 aliphatic heterocycles. The monoisotopic (exact) mass is 357 g/mol. The van der Waals surface area contributed by atoms with E-state index in [-0.39, 0.29) is 17.7 Å². The van der Waals surface area contributed by atoms with Crippen molar-refractivity contribution < 1.29 is 9.59 Å². The van der Waals surface area contributed by atoms with Crippen LogP contribution in [0, 0.1) is 5.92 Å². The van der Waals surface area contributed by atoms with E-state index in [0.29, 0.717) is 5.13 Å². The zero-order chi connectivity index (χ0) is 17.6. The van der Waals surface area contributed by atoms with Crippen LogP contribution in [0.2, 0.25) is 0 Å². The van der Waals surface area contributed by atoms with Gasteiger partial charge in [0.25, 0.3) is 0 Å². The molecule has 1 unspecified atom stereocenters. The Morgan fingerprint density at radius 3 is 2.64 bits per heavy atom. The Bertz CT molecular complexity index is 723. The molecule has 132 valence electrons. The number of benzene rings is 1. The number of hydrogen-bond donors (Lipinski definition) is 2. The first-order valence-corrected chi connectivity index (χ1v) is 9.50. The summed E-state index contributed by atoms with van der Waals surface area (Å²) < 4.78 is 0. The Morgan fingerprint density at radius 1 is 1.24 bits per heavy atom. The molecule has 1 saturated carbocycles. The lowest BCUT2D eigenvalue weighted by Gasteiger charge is -2.22. The summed E-state index contributed by atoms with van der Waals surface area (Å²) in [6.07, 6.45) is 6.80. The molecule has 6 heteroatoms. The van der Waals surface area contributed by atoms with E-state index in [9.17, 15) is 9.59 Å². The highest BCUT2D eigenvalue weighted by atomic mass is 32.1. The van der Waals surface area contributed by atoms with E-state index in [1.165, 1.54) is 23.8 Å². The first-order valence-electron chi connectivity index (χ1n) is 8.68. The third kappa shape index (κ3) is 4.89. The number of aromatic nitrogens is 1. The van der Waals surface area contributed by atoms with Gasteiger partial charge in [0, 0.05) is 24.4 Å². The molecule has 5 nitrogen and oxygen atoms in total. The first kappa shape index (κ1) is 17.6. The quantitative estimate of drug-likeness (QED) is 0.833. The molecular formula is C19H23N3O2S. The van der Waals surface area contributed by atoms with Gasteiger partial charge in [-0.25, -0.2) is 4.98 Å². The van der Waals surface area contributed by atoms with Crippen molar-refractivity contribution in [3.05, 3.63) is 47.0 Å². The Balaban J connectivity index is 1.64. The highest BCUT2D eigenvalue weighted by molar-refractivity contribution is 7.15. The van der Waals surface area contributed by atoms with Crippen molar-refractivity contribution in [2.24, 2.45) is 5.92 Å². The van der Waals surface area contributed by atoms with E-state index in [0.717, 1.165) is 37.0 Å². The molecule has 3 rings (SSSR count). The molecule has 0 spiro atoms. The van der Waals surface area contributed by atoms with E-state index in [1.54, 1.807) is 6.20 Å². The van der Waals surface area contributed by atoms with Gasteiger partial charge in [0.15, 0.2) is 5.13 Å². The number of thiazole rings is 1. The Morgan fingerprint density at radius 2 is 1.96 bits per heavy atom. The third-order valence-corrected chi connectivity index (χ3v) is 5.43. The number of nitrogens with zero attached hydrogens (tertiary/aromatic N) is 1. The van der Waals surface area contributed by atoms with Crippen LogP contribution in [0.5, 0.6) is 0 Å². The summed E-state index contributed by atoms with van der Waals surface area (Å²) in [7, 11) is 0. The number of amides is 2. The van der Waals surface area contributed by atoms with Crippen molar-refractivity contribution in [2.45, 2.75) is 45.1 Å². The molecule has 0 radical (unpaired) electrons. The van der Waals surface area contributed by atoms with Crippen LogP contribution in [-0.4, -0.2) is 22.8 Å². The molecule has 1 aromatic heterocycles. The molecule has 1 aliphatic rings. The summed E-state index contributed by atoms with van der Waals surface area (Å²) >= 11 is 1.48. The molecule has 25 heavy (non-hydrogen) atoms. The van der Waals surface area contributed by atoms with Crippen molar-refractivity contribution in [1.29, 1.82) is 0 Å². The standard InChI is InChI=1S/C19H23N3O2S/c1-13(23)21-17(15-9-5-6-10-15)18(24)22-19-20-12-16(25-19)11-14-7-3-2-4-8-14/h2-4,7-8,12,15,17H,5-6,9-11H2,1H3,(H,21,23)(H,20,22,24). The maximum Gasteiger partial charge on any atom is 0.249 e. The number of hydrogen-bond acceptors (Lipinski definition) is 4. The van der Waals surface area contributed by atoms with Gasteiger partial charge in [0.2, 0.25) is 11.8 Å². The third-order valence-electron chi connectivity index (χ3n) is 4.52. The van der Waals surface area contributed by atoms with Crippen molar-refractivity contribution in [3.63, 3.8) is 0 Å². The van der Waals surface area contributed by atoms with E-state index in [2.05, 4.69) is 27.8 Å². The average molecular weight is 357 g/mol. The molecule has 0 saturated heterocycles. The van der Waals surface area contributed by atoms with Gasteiger partial charge in [-0.2, -0.15) is 0 Å². The molecule has 1 aromatic carbocycles. The van der Waals surface area contributed by atoms with Gasteiger partial charge in [0.05, 0.1) is 0 Å². The Kier molecular flexibility index (Phi) is 5.81. The maximum absolute atomic E-state index is 12.6. The zero-order valence-corrected chi connectivity index (χ0v) is 15.1. The van der Waals surface area contributed by atoms with Crippen LogP contribution in [0.25, 0.3) is 0 Å². The van der Waals surface area contributed by atoms with E-state index in [1.807, 2.05) is 18.2 Å². The maximum atomic E-state index is 12.6. The molecule has 1 atom stereocenters. The topological polar surface area (TPSA) is 71.1 Å². The lowest BCUT2D eigenvalue weighted by molar-refractivity contribution is -0.126. The minimum Gasteiger partial charge on any atom is -0.344 e. The van der Waals surface area contributed by atoms with Crippen LogP contribution in [0.3, 0.4) is 0 Å². The lowest BCUT2D eigenvalue weighted by Crippen LogP contribution is -2.47. The molecule has 1 fully saturated rings. The van der Waals surface area contributed by atoms with Crippen molar-refractivity contribution in [1.82, 2.24) is 10.3 Å². The first-order chi connectivity index (χ1) is 12.1. The normalized spacial score (nSPS) is 15.7. The van der Waals surface area contributed by atoms with E-state index < -0.39 is 6.04 Å². The second kappa shape index (κ2) is 8.25. The van der Waals surface area contributed by atoms with Gasteiger partial charge in [-0.05, 0) is 24.3 Å². The molecule has 2 aromatic rings. The molecule has 2 amide bonds. The second-order valence-electron chi connectivity index (χ2n) is 6.51.